The van der Waals surface area contributed by atoms with Gasteiger partial charge in [0.1, 0.15) is 0 Å². The molecule has 0 unspecified atom stereocenters. The quantitative estimate of drug-likeness (QED) is 0.550. The summed E-state index contributed by atoms with van der Waals surface area (Å²) in [5, 5.41) is 0.374. The van der Waals surface area contributed by atoms with Crippen LogP contribution in [0.15, 0.2) is 11.4 Å². The van der Waals surface area contributed by atoms with Gasteiger partial charge in [0.05, 0.1) is 26.2 Å². The molecule has 1 fully saturated rings. The van der Waals surface area contributed by atoms with Crippen molar-refractivity contribution in [1.82, 2.24) is 0 Å². The van der Waals surface area contributed by atoms with Gasteiger partial charge in [-0.25, -0.2) is 0 Å². The highest BCUT2D eigenvalue weighted by molar-refractivity contribution is 7.58. The molecule has 6 heteroatoms. The second-order valence-corrected chi connectivity index (χ2v) is 5.01. The normalized spacial score (nSPS) is 20.3. The van der Waals surface area contributed by atoms with Crippen molar-refractivity contribution in [3.05, 3.63) is 11.4 Å². The lowest BCUT2D eigenvalue weighted by atomic mass is 10.4. The summed E-state index contributed by atoms with van der Waals surface area (Å²) < 4.78 is 26.8. The van der Waals surface area contributed by atoms with Crippen LogP contribution in [-0.4, -0.2) is 25.8 Å². The summed E-state index contributed by atoms with van der Waals surface area (Å²) >= 11 is 0. The molecule has 1 saturated heterocycles. The second kappa shape index (κ2) is 5.45. The first-order chi connectivity index (χ1) is 7.12. The molecule has 1 rings (SSSR count). The minimum absolute atomic E-state index is 0.0401. The molecule has 0 amide bonds. The van der Waals surface area contributed by atoms with Crippen LogP contribution in [0.3, 0.4) is 0 Å². The summed E-state index contributed by atoms with van der Waals surface area (Å²) in [6.07, 6.45) is 1.55. The lowest BCUT2D eigenvalue weighted by molar-refractivity contribution is -0.142. The van der Waals surface area contributed by atoms with E-state index in [1.54, 1.807) is 19.9 Å². The number of carbonyl (C=O) groups is 1. The highest BCUT2D eigenvalue weighted by Gasteiger charge is 2.35. The smallest absolute Gasteiger partial charge is 0.357 e. The molecule has 0 aliphatic carbocycles. The highest BCUT2D eigenvalue weighted by atomic mass is 31.2. The maximum atomic E-state index is 12.0. The van der Waals surface area contributed by atoms with Crippen LogP contribution in [0.1, 0.15) is 20.3 Å². The topological polar surface area (TPSA) is 61.8 Å². The summed E-state index contributed by atoms with van der Waals surface area (Å²) in [7, 11) is -3.20. The van der Waals surface area contributed by atoms with Crippen LogP contribution in [-0.2, 0) is 23.1 Å². The van der Waals surface area contributed by atoms with E-state index < -0.39 is 13.6 Å². The first kappa shape index (κ1) is 12.4. The Balaban J connectivity index is 2.65. The molecule has 0 aromatic heterocycles. The lowest BCUT2D eigenvalue weighted by Gasteiger charge is -2.12. The Morgan fingerprint density at radius 2 is 2.07 bits per heavy atom. The molecular formula is C9H15O5P. The fraction of sp³-hybridized carbons (Fsp3) is 0.667. The Morgan fingerprint density at radius 1 is 1.47 bits per heavy atom. The third-order valence-corrected chi connectivity index (χ3v) is 4.09. The molecule has 0 saturated carbocycles. The van der Waals surface area contributed by atoms with E-state index in [4.69, 9.17) is 13.8 Å². The Labute approximate surface area is 88.9 Å². The van der Waals surface area contributed by atoms with E-state index in [9.17, 15) is 9.36 Å². The number of carbonyl (C=O) groups excluding carboxylic acids is 1. The van der Waals surface area contributed by atoms with E-state index >= 15 is 0 Å². The molecule has 15 heavy (non-hydrogen) atoms. The predicted molar refractivity (Wildman–Crippen MR) is 54.5 cm³/mol. The molecule has 0 N–H and O–H groups in total. The average Bonchev–Trinajstić information content (AvgIpc) is 2.63. The first-order valence-electron chi connectivity index (χ1n) is 4.83. The van der Waals surface area contributed by atoms with Gasteiger partial charge in [-0.3, -0.25) is 9.36 Å². The third kappa shape index (κ3) is 3.16. The van der Waals surface area contributed by atoms with Crippen LogP contribution in [0.5, 0.6) is 0 Å². The largest absolute Gasteiger partial charge is 0.466 e. The zero-order valence-electron chi connectivity index (χ0n) is 8.89. The van der Waals surface area contributed by atoms with Gasteiger partial charge >= 0.3 is 13.6 Å². The number of hydrogen-bond donors (Lipinski definition) is 0. The van der Waals surface area contributed by atoms with Crippen molar-refractivity contribution in [3.63, 3.8) is 0 Å². The molecular weight excluding hydrogens is 219 g/mol. The van der Waals surface area contributed by atoms with Crippen molar-refractivity contribution in [2.45, 2.75) is 20.3 Å². The number of rotatable bonds is 4. The van der Waals surface area contributed by atoms with Gasteiger partial charge in [0, 0.05) is 5.31 Å². The van der Waals surface area contributed by atoms with Crippen LogP contribution in [0.25, 0.3) is 0 Å². The van der Waals surface area contributed by atoms with E-state index in [-0.39, 0.29) is 6.42 Å². The van der Waals surface area contributed by atoms with Crippen LogP contribution in [0.2, 0.25) is 0 Å². The highest BCUT2D eigenvalue weighted by Crippen LogP contribution is 2.59. The molecule has 0 bridgehead atoms. The van der Waals surface area contributed by atoms with Crippen LogP contribution in [0, 0.1) is 0 Å². The summed E-state index contributed by atoms with van der Waals surface area (Å²) in [5.74, 6) is -0.417. The van der Waals surface area contributed by atoms with E-state index in [1.807, 2.05) is 0 Å². The van der Waals surface area contributed by atoms with Gasteiger partial charge in [-0.15, -0.1) is 0 Å². The summed E-state index contributed by atoms with van der Waals surface area (Å²) in [6.45, 7) is 4.33. The molecule has 0 aromatic carbocycles. The Hall–Kier alpha value is -0.640. The third-order valence-electron chi connectivity index (χ3n) is 1.92. The van der Waals surface area contributed by atoms with Gasteiger partial charge in [-0.2, -0.15) is 0 Å². The number of allylic oxidation sites excluding steroid dienone is 1. The van der Waals surface area contributed by atoms with Crippen molar-refractivity contribution in [2.24, 2.45) is 0 Å². The van der Waals surface area contributed by atoms with Crippen LogP contribution < -0.4 is 0 Å². The second-order valence-electron chi connectivity index (χ2n) is 2.93. The fourth-order valence-corrected chi connectivity index (χ4v) is 2.91. The molecule has 1 aliphatic heterocycles. The van der Waals surface area contributed by atoms with Gasteiger partial charge in [-0.1, -0.05) is 6.08 Å². The molecule has 0 aromatic rings. The maximum absolute atomic E-state index is 12.0. The van der Waals surface area contributed by atoms with Crippen LogP contribution >= 0.6 is 7.60 Å². The van der Waals surface area contributed by atoms with Crippen molar-refractivity contribution in [3.8, 4) is 0 Å². The van der Waals surface area contributed by atoms with Crippen molar-refractivity contribution < 1.29 is 23.1 Å². The Morgan fingerprint density at radius 3 is 2.53 bits per heavy atom. The molecule has 0 radical (unpaired) electrons. The van der Waals surface area contributed by atoms with E-state index in [0.29, 0.717) is 25.1 Å². The average molecular weight is 234 g/mol. The molecule has 1 aliphatic rings. The van der Waals surface area contributed by atoms with Gasteiger partial charge < -0.3 is 13.8 Å². The van der Waals surface area contributed by atoms with E-state index in [1.165, 1.54) is 0 Å². The standard InChI is InChI=1S/C9H15O5P/c1-3-8(7-9(10)12-4-2)15(11)13-5-6-14-15/h3H,4-7H2,1-2H3/b8-3+. The number of hydrogen-bond acceptors (Lipinski definition) is 5. The fourth-order valence-electron chi connectivity index (χ4n) is 1.23. The number of ether oxygens (including phenoxy) is 1. The lowest BCUT2D eigenvalue weighted by Crippen LogP contribution is -2.05. The Bertz CT molecular complexity index is 300. The first-order valence-corrected chi connectivity index (χ1v) is 6.37. The molecule has 0 spiro atoms. The van der Waals surface area contributed by atoms with E-state index in [2.05, 4.69) is 0 Å². The minimum Gasteiger partial charge on any atom is -0.466 e. The summed E-state index contributed by atoms with van der Waals surface area (Å²) in [5.41, 5.74) is 0. The SMILES string of the molecule is C/C=C(\CC(=O)OCC)P1(=O)OCCO1. The molecule has 1 heterocycles. The molecule has 0 atom stereocenters. The van der Waals surface area contributed by atoms with Gasteiger partial charge in [0.15, 0.2) is 0 Å². The zero-order chi connectivity index (χ0) is 11.3. The van der Waals surface area contributed by atoms with Gasteiger partial charge in [0.2, 0.25) is 0 Å². The minimum atomic E-state index is -3.20. The van der Waals surface area contributed by atoms with Crippen LogP contribution in [0.4, 0.5) is 0 Å². The molecule has 5 nitrogen and oxygen atoms in total. The number of esters is 1. The summed E-state index contributed by atoms with van der Waals surface area (Å²) in [4.78, 5) is 11.2. The van der Waals surface area contributed by atoms with Crippen molar-refractivity contribution >= 4 is 13.6 Å². The van der Waals surface area contributed by atoms with Gasteiger partial charge in [0.25, 0.3) is 0 Å². The van der Waals surface area contributed by atoms with Crippen molar-refractivity contribution in [1.29, 1.82) is 0 Å². The molecule has 86 valence electrons. The van der Waals surface area contributed by atoms with Crippen molar-refractivity contribution in [2.75, 3.05) is 19.8 Å². The summed E-state index contributed by atoms with van der Waals surface area (Å²) in [6, 6.07) is 0. The monoisotopic (exact) mass is 234 g/mol. The maximum Gasteiger partial charge on any atom is 0.357 e. The Kier molecular flexibility index (Phi) is 4.51. The van der Waals surface area contributed by atoms with Gasteiger partial charge in [-0.05, 0) is 13.8 Å². The predicted octanol–water partition coefficient (Wildman–Crippen LogP) is 2.08. The van der Waals surface area contributed by atoms with E-state index in [0.717, 1.165) is 0 Å². The zero-order valence-corrected chi connectivity index (χ0v) is 9.79.